The van der Waals surface area contributed by atoms with Crippen molar-refractivity contribution in [1.82, 2.24) is 9.88 Å². The zero-order chi connectivity index (χ0) is 18.5. The number of carbonyl (C=O) groups excluding carboxylic acids is 2. The monoisotopic (exact) mass is 365 g/mol. The Labute approximate surface area is 149 Å². The number of rotatable bonds is 6. The van der Waals surface area contributed by atoms with Crippen LogP contribution in [0.25, 0.3) is 0 Å². The summed E-state index contributed by atoms with van der Waals surface area (Å²) in [5, 5.41) is 0. The maximum absolute atomic E-state index is 13.7. The first kappa shape index (κ1) is 17.2. The molecule has 0 bridgehead atoms. The fourth-order valence-corrected chi connectivity index (χ4v) is 3.31. The first-order chi connectivity index (χ1) is 12.3. The Morgan fingerprint density at radius 2 is 2.04 bits per heavy atom. The van der Waals surface area contributed by atoms with Gasteiger partial charge in [0.15, 0.2) is 0 Å². The van der Waals surface area contributed by atoms with Crippen molar-refractivity contribution in [3.63, 3.8) is 0 Å². The first-order valence-corrected chi connectivity index (χ1v) is 8.95. The third-order valence-electron chi connectivity index (χ3n) is 5.16. The lowest BCUT2D eigenvalue weighted by Crippen LogP contribution is -2.44. The highest BCUT2D eigenvalue weighted by Gasteiger charge is 2.49. The Morgan fingerprint density at radius 1 is 1.31 bits per heavy atom. The van der Waals surface area contributed by atoms with Gasteiger partial charge in [-0.25, -0.2) is 8.78 Å². The van der Waals surface area contributed by atoms with Crippen LogP contribution in [0.1, 0.15) is 54.1 Å². The number of nitrogens with zero attached hydrogens (tertiary/aromatic N) is 2. The minimum Gasteiger partial charge on any atom is -0.493 e. The molecule has 3 fully saturated rings. The number of likely N-dealkylation sites (tertiary alicyclic amines) is 1. The molecule has 2 aliphatic carbocycles. The number of primary amides is 1. The van der Waals surface area contributed by atoms with Crippen LogP contribution in [0.15, 0.2) is 12.3 Å². The molecule has 1 saturated heterocycles. The van der Waals surface area contributed by atoms with E-state index < -0.39 is 36.7 Å². The molecule has 1 aliphatic heterocycles. The summed E-state index contributed by atoms with van der Waals surface area (Å²) in [7, 11) is 0. The third kappa shape index (κ3) is 3.50. The topological polar surface area (TPSA) is 85.5 Å². The second-order valence-electron chi connectivity index (χ2n) is 7.55. The second kappa shape index (κ2) is 6.17. The largest absolute Gasteiger partial charge is 0.493 e. The van der Waals surface area contributed by atoms with Crippen molar-refractivity contribution in [1.29, 1.82) is 0 Å². The zero-order valence-corrected chi connectivity index (χ0v) is 14.3. The molecule has 0 aromatic carbocycles. The van der Waals surface area contributed by atoms with Gasteiger partial charge in [-0.2, -0.15) is 0 Å². The number of ether oxygens (including phenoxy) is 1. The van der Waals surface area contributed by atoms with Crippen molar-refractivity contribution in [2.24, 2.45) is 11.7 Å². The average molecular weight is 365 g/mol. The molecule has 26 heavy (non-hydrogen) atoms. The van der Waals surface area contributed by atoms with Crippen LogP contribution < -0.4 is 10.5 Å². The van der Waals surface area contributed by atoms with Crippen LogP contribution in [0, 0.1) is 5.92 Å². The van der Waals surface area contributed by atoms with Gasteiger partial charge in [-0.3, -0.25) is 14.6 Å². The summed E-state index contributed by atoms with van der Waals surface area (Å²) in [4.78, 5) is 29.2. The molecule has 0 radical (unpaired) electrons. The van der Waals surface area contributed by atoms with Gasteiger partial charge >= 0.3 is 0 Å². The molecule has 0 spiro atoms. The van der Waals surface area contributed by atoms with E-state index in [-0.39, 0.29) is 5.69 Å². The van der Waals surface area contributed by atoms with E-state index in [1.807, 2.05) is 0 Å². The SMILES string of the molecule is NC(=O)[C@@H]1CC(F)(F)CN1C(=O)c1cc(OCC2CC2)c(C2CC2)cn1. The van der Waals surface area contributed by atoms with E-state index in [1.54, 1.807) is 6.20 Å². The van der Waals surface area contributed by atoms with Crippen LogP contribution in [0.3, 0.4) is 0 Å². The predicted octanol–water partition coefficient (Wildman–Crippen LogP) is 2.08. The van der Waals surface area contributed by atoms with Gasteiger partial charge in [0.1, 0.15) is 17.5 Å². The summed E-state index contributed by atoms with van der Waals surface area (Å²) in [6.45, 7) is -0.243. The number of amides is 2. The summed E-state index contributed by atoms with van der Waals surface area (Å²) >= 11 is 0. The van der Waals surface area contributed by atoms with E-state index in [4.69, 9.17) is 10.5 Å². The van der Waals surface area contributed by atoms with Crippen LogP contribution in [0.4, 0.5) is 8.78 Å². The van der Waals surface area contributed by atoms with E-state index >= 15 is 0 Å². The fraction of sp³-hybridized carbons (Fsp3) is 0.611. The van der Waals surface area contributed by atoms with E-state index in [0.717, 1.165) is 36.1 Å². The number of nitrogens with two attached hydrogens (primary N) is 1. The Morgan fingerprint density at radius 3 is 2.65 bits per heavy atom. The average Bonchev–Trinajstić information content (AvgIpc) is 3.49. The van der Waals surface area contributed by atoms with Crippen molar-refractivity contribution in [3.05, 3.63) is 23.5 Å². The second-order valence-corrected chi connectivity index (χ2v) is 7.55. The number of hydrogen-bond donors (Lipinski definition) is 1. The van der Waals surface area contributed by atoms with Crippen LogP contribution >= 0.6 is 0 Å². The lowest BCUT2D eigenvalue weighted by molar-refractivity contribution is -0.121. The number of pyridine rings is 1. The number of aromatic nitrogens is 1. The molecule has 0 unspecified atom stereocenters. The van der Waals surface area contributed by atoms with Gasteiger partial charge in [-0.15, -0.1) is 0 Å². The molecule has 1 aromatic heterocycles. The highest BCUT2D eigenvalue weighted by molar-refractivity contribution is 5.96. The van der Waals surface area contributed by atoms with Gasteiger partial charge in [-0.1, -0.05) is 0 Å². The minimum absolute atomic E-state index is 0.00384. The summed E-state index contributed by atoms with van der Waals surface area (Å²) in [6, 6.07) is 0.200. The Balaban J connectivity index is 1.58. The molecule has 1 aromatic rings. The van der Waals surface area contributed by atoms with E-state index in [1.165, 1.54) is 6.07 Å². The van der Waals surface area contributed by atoms with Crippen LogP contribution in [-0.2, 0) is 4.79 Å². The van der Waals surface area contributed by atoms with E-state index in [0.29, 0.717) is 24.2 Å². The lowest BCUT2D eigenvalue weighted by atomic mass is 10.1. The predicted molar refractivity (Wildman–Crippen MR) is 88.0 cm³/mol. The molecule has 1 atom stereocenters. The third-order valence-corrected chi connectivity index (χ3v) is 5.16. The fourth-order valence-electron chi connectivity index (χ4n) is 3.31. The maximum atomic E-state index is 13.7. The number of hydrogen-bond acceptors (Lipinski definition) is 4. The maximum Gasteiger partial charge on any atom is 0.273 e. The number of alkyl halides is 2. The normalized spacial score (nSPS) is 24.5. The highest BCUT2D eigenvalue weighted by atomic mass is 19.3. The van der Waals surface area contributed by atoms with Crippen molar-refractivity contribution >= 4 is 11.8 Å². The van der Waals surface area contributed by atoms with Gasteiger partial charge in [0, 0.05) is 24.2 Å². The van der Waals surface area contributed by atoms with Crippen molar-refractivity contribution < 1.29 is 23.1 Å². The van der Waals surface area contributed by atoms with Crippen molar-refractivity contribution in [3.8, 4) is 5.75 Å². The minimum atomic E-state index is -3.13. The molecule has 4 rings (SSSR count). The van der Waals surface area contributed by atoms with Crippen molar-refractivity contribution in [2.75, 3.05) is 13.2 Å². The molecule has 8 heteroatoms. The summed E-state index contributed by atoms with van der Waals surface area (Å²) in [5.74, 6) is -3.25. The molecule has 2 heterocycles. The molecule has 2 saturated carbocycles. The van der Waals surface area contributed by atoms with Gasteiger partial charge in [0.2, 0.25) is 5.91 Å². The highest BCUT2D eigenvalue weighted by Crippen LogP contribution is 2.45. The molecular weight excluding hydrogens is 344 g/mol. The molecule has 2 N–H and O–H groups in total. The van der Waals surface area contributed by atoms with E-state index in [2.05, 4.69) is 4.98 Å². The molecule has 140 valence electrons. The van der Waals surface area contributed by atoms with Crippen LogP contribution in [0.5, 0.6) is 5.75 Å². The Hall–Kier alpha value is -2.25. The van der Waals surface area contributed by atoms with Crippen molar-refractivity contribution in [2.45, 2.75) is 50.0 Å². The standard InChI is InChI=1S/C18H21F2N3O3/c19-18(20)6-14(16(21)24)23(9-18)17(25)13-5-15(26-8-10-1-2-10)12(7-22-13)11-3-4-11/h5,7,10-11,14H,1-4,6,8-9H2,(H2,21,24)/t14-/m0/s1. The Kier molecular flexibility index (Phi) is 4.08. The smallest absolute Gasteiger partial charge is 0.273 e. The van der Waals surface area contributed by atoms with Gasteiger partial charge in [0.05, 0.1) is 13.2 Å². The van der Waals surface area contributed by atoms with Crippen LogP contribution in [0.2, 0.25) is 0 Å². The summed E-state index contributed by atoms with van der Waals surface area (Å²) in [5.41, 5.74) is 6.17. The van der Waals surface area contributed by atoms with Gasteiger partial charge < -0.3 is 15.4 Å². The Bertz CT molecular complexity index is 747. The number of carbonyl (C=O) groups is 2. The quantitative estimate of drug-likeness (QED) is 0.836. The lowest BCUT2D eigenvalue weighted by Gasteiger charge is -2.21. The number of halogens is 2. The molecular formula is C18H21F2N3O3. The zero-order valence-electron chi connectivity index (χ0n) is 14.3. The van der Waals surface area contributed by atoms with Gasteiger partial charge in [0.25, 0.3) is 11.8 Å². The molecule has 3 aliphatic rings. The van der Waals surface area contributed by atoms with E-state index in [9.17, 15) is 18.4 Å². The molecule has 6 nitrogen and oxygen atoms in total. The molecule has 2 amide bonds. The first-order valence-electron chi connectivity index (χ1n) is 8.95. The summed E-state index contributed by atoms with van der Waals surface area (Å²) < 4.78 is 33.3. The van der Waals surface area contributed by atoms with Gasteiger partial charge in [-0.05, 0) is 37.5 Å². The summed E-state index contributed by atoms with van der Waals surface area (Å²) in [6.07, 6.45) is 5.23. The van der Waals surface area contributed by atoms with Crippen LogP contribution in [-0.4, -0.2) is 46.8 Å².